The molecular formula is C14H16FN3O. The molecule has 0 saturated carbocycles. The molecule has 0 amide bonds. The van der Waals surface area contributed by atoms with Gasteiger partial charge in [-0.2, -0.15) is 0 Å². The smallest absolute Gasteiger partial charge is 0.127 e. The summed E-state index contributed by atoms with van der Waals surface area (Å²) >= 11 is 0. The molecule has 1 aromatic carbocycles. The molecule has 5 heteroatoms. The van der Waals surface area contributed by atoms with Gasteiger partial charge in [0.25, 0.3) is 0 Å². The lowest BCUT2D eigenvalue weighted by molar-refractivity contribution is -0.0293. The maximum Gasteiger partial charge on any atom is 0.127 e. The minimum absolute atomic E-state index is 0.178. The van der Waals surface area contributed by atoms with Crippen molar-refractivity contribution >= 4 is 0 Å². The van der Waals surface area contributed by atoms with Crippen molar-refractivity contribution < 1.29 is 9.13 Å². The van der Waals surface area contributed by atoms with Gasteiger partial charge >= 0.3 is 0 Å². The highest BCUT2D eigenvalue weighted by Crippen LogP contribution is 2.25. The van der Waals surface area contributed by atoms with E-state index in [1.54, 1.807) is 4.68 Å². The maximum atomic E-state index is 14.0. The molecular weight excluding hydrogens is 245 g/mol. The van der Waals surface area contributed by atoms with Crippen LogP contribution in [0.3, 0.4) is 0 Å². The van der Waals surface area contributed by atoms with E-state index in [0.717, 1.165) is 11.1 Å². The average molecular weight is 261 g/mol. The summed E-state index contributed by atoms with van der Waals surface area (Å²) in [4.78, 5) is 0. The molecule has 1 saturated heterocycles. The van der Waals surface area contributed by atoms with Crippen LogP contribution in [0, 0.1) is 5.82 Å². The molecule has 4 nitrogen and oxygen atoms in total. The summed E-state index contributed by atoms with van der Waals surface area (Å²) in [6.07, 6.45) is 1.84. The molecule has 19 heavy (non-hydrogen) atoms. The molecule has 1 aliphatic rings. The molecule has 1 aromatic heterocycles. The minimum Gasteiger partial charge on any atom is -0.377 e. The van der Waals surface area contributed by atoms with Gasteiger partial charge in [-0.05, 0) is 17.5 Å². The summed E-state index contributed by atoms with van der Waals surface area (Å²) in [5.74, 6) is -0.00844. The minimum atomic E-state index is -0.186. The van der Waals surface area contributed by atoms with E-state index in [9.17, 15) is 4.39 Å². The van der Waals surface area contributed by atoms with Gasteiger partial charge in [0, 0.05) is 5.56 Å². The normalized spacial score (nSPS) is 15.8. The highest BCUT2D eigenvalue weighted by molar-refractivity contribution is 5.58. The van der Waals surface area contributed by atoms with Crippen LogP contribution in [0.4, 0.5) is 4.39 Å². The summed E-state index contributed by atoms with van der Waals surface area (Å²) in [7, 11) is 0. The van der Waals surface area contributed by atoms with Gasteiger partial charge < -0.3 is 4.74 Å². The molecule has 0 spiro atoms. The Balaban J connectivity index is 1.89. The molecule has 2 heterocycles. The predicted octanol–water partition coefficient (Wildman–Crippen LogP) is 2.78. The molecule has 1 aliphatic heterocycles. The van der Waals surface area contributed by atoms with Crippen molar-refractivity contribution in [3.63, 3.8) is 0 Å². The van der Waals surface area contributed by atoms with Crippen LogP contribution in [0.25, 0.3) is 11.3 Å². The van der Waals surface area contributed by atoms with E-state index in [4.69, 9.17) is 4.74 Å². The summed E-state index contributed by atoms with van der Waals surface area (Å²) < 4.78 is 20.9. The third-order valence-corrected chi connectivity index (χ3v) is 3.42. The largest absolute Gasteiger partial charge is 0.377 e. The number of aromatic nitrogens is 3. The Hall–Kier alpha value is -1.75. The molecule has 1 fully saturated rings. The van der Waals surface area contributed by atoms with E-state index in [2.05, 4.69) is 10.3 Å². The number of benzene rings is 1. The molecule has 0 N–H and O–H groups in total. The monoisotopic (exact) mass is 261 g/mol. The molecule has 0 radical (unpaired) electrons. The summed E-state index contributed by atoms with van der Waals surface area (Å²) in [6.45, 7) is 5.29. The molecule has 0 atom stereocenters. The van der Waals surface area contributed by atoms with Crippen molar-refractivity contribution in [2.75, 3.05) is 13.2 Å². The number of rotatable bonds is 3. The van der Waals surface area contributed by atoms with E-state index in [1.807, 2.05) is 32.2 Å². The zero-order valence-corrected chi connectivity index (χ0v) is 11.0. The third kappa shape index (κ3) is 2.26. The first-order chi connectivity index (χ1) is 9.15. The Bertz CT molecular complexity index is 590. The number of halogens is 1. The zero-order valence-electron chi connectivity index (χ0n) is 11.0. The summed E-state index contributed by atoms with van der Waals surface area (Å²) in [5.41, 5.74) is 2.18. The van der Waals surface area contributed by atoms with Crippen molar-refractivity contribution in [2.45, 2.75) is 25.8 Å². The van der Waals surface area contributed by atoms with Crippen LogP contribution in [-0.4, -0.2) is 28.2 Å². The fourth-order valence-corrected chi connectivity index (χ4v) is 2.12. The van der Waals surface area contributed by atoms with Crippen molar-refractivity contribution in [1.82, 2.24) is 15.0 Å². The fourth-order valence-electron chi connectivity index (χ4n) is 2.12. The van der Waals surface area contributed by atoms with Crippen LogP contribution in [0.15, 0.2) is 24.4 Å². The SMILES string of the molecule is CC(C)c1ccc(-c2cn(C3COC3)nn2)cc1F. The van der Waals surface area contributed by atoms with Gasteiger partial charge in [0.15, 0.2) is 0 Å². The first-order valence-corrected chi connectivity index (χ1v) is 6.44. The Morgan fingerprint density at radius 3 is 2.74 bits per heavy atom. The molecule has 100 valence electrons. The summed E-state index contributed by atoms with van der Waals surface area (Å²) in [5, 5.41) is 8.16. The number of ether oxygens (including phenoxy) is 1. The molecule has 0 bridgehead atoms. The van der Waals surface area contributed by atoms with Crippen LogP contribution in [-0.2, 0) is 4.74 Å². The van der Waals surface area contributed by atoms with E-state index < -0.39 is 0 Å². The Morgan fingerprint density at radius 2 is 2.16 bits per heavy atom. The van der Waals surface area contributed by atoms with Crippen LogP contribution in [0.5, 0.6) is 0 Å². The molecule has 0 unspecified atom stereocenters. The first-order valence-electron chi connectivity index (χ1n) is 6.44. The highest BCUT2D eigenvalue weighted by atomic mass is 19.1. The van der Waals surface area contributed by atoms with Gasteiger partial charge in [-0.1, -0.05) is 31.2 Å². The first kappa shape index (κ1) is 12.3. The number of hydrogen-bond acceptors (Lipinski definition) is 3. The Morgan fingerprint density at radius 1 is 1.37 bits per heavy atom. The zero-order chi connectivity index (χ0) is 13.4. The fraction of sp³-hybridized carbons (Fsp3) is 0.429. The number of nitrogens with zero attached hydrogens (tertiary/aromatic N) is 3. The second-order valence-electron chi connectivity index (χ2n) is 5.17. The van der Waals surface area contributed by atoms with E-state index in [1.165, 1.54) is 6.07 Å². The predicted molar refractivity (Wildman–Crippen MR) is 69.4 cm³/mol. The topological polar surface area (TPSA) is 39.9 Å². The quantitative estimate of drug-likeness (QED) is 0.853. The van der Waals surface area contributed by atoms with Gasteiger partial charge in [-0.15, -0.1) is 5.10 Å². The highest BCUT2D eigenvalue weighted by Gasteiger charge is 2.22. The van der Waals surface area contributed by atoms with Crippen molar-refractivity contribution in [3.05, 3.63) is 35.8 Å². The van der Waals surface area contributed by atoms with Gasteiger partial charge in [0.1, 0.15) is 17.6 Å². The lowest BCUT2D eigenvalue weighted by atomic mass is 10.0. The van der Waals surface area contributed by atoms with Gasteiger partial charge in [0.2, 0.25) is 0 Å². The van der Waals surface area contributed by atoms with Crippen molar-refractivity contribution in [2.24, 2.45) is 0 Å². The lowest BCUT2D eigenvalue weighted by Crippen LogP contribution is -2.30. The Labute approximate surface area is 111 Å². The van der Waals surface area contributed by atoms with Crippen LogP contribution in [0.1, 0.15) is 31.4 Å². The second-order valence-corrected chi connectivity index (χ2v) is 5.17. The van der Waals surface area contributed by atoms with Gasteiger partial charge in [-0.3, -0.25) is 0 Å². The van der Waals surface area contributed by atoms with Gasteiger partial charge in [0.05, 0.1) is 19.4 Å². The van der Waals surface area contributed by atoms with Crippen LogP contribution >= 0.6 is 0 Å². The molecule has 3 rings (SSSR count). The Kier molecular flexibility index (Phi) is 3.06. The lowest BCUT2D eigenvalue weighted by Gasteiger charge is -2.25. The average Bonchev–Trinajstić information content (AvgIpc) is 2.75. The van der Waals surface area contributed by atoms with Crippen molar-refractivity contribution in [3.8, 4) is 11.3 Å². The van der Waals surface area contributed by atoms with E-state index in [0.29, 0.717) is 18.9 Å². The molecule has 0 aliphatic carbocycles. The molecule has 2 aromatic rings. The second kappa shape index (κ2) is 4.74. The maximum absolute atomic E-state index is 14.0. The van der Waals surface area contributed by atoms with E-state index >= 15 is 0 Å². The van der Waals surface area contributed by atoms with Gasteiger partial charge in [-0.25, -0.2) is 9.07 Å². The third-order valence-electron chi connectivity index (χ3n) is 3.42. The van der Waals surface area contributed by atoms with Crippen molar-refractivity contribution in [1.29, 1.82) is 0 Å². The summed E-state index contributed by atoms with van der Waals surface area (Å²) in [6, 6.07) is 5.51. The van der Waals surface area contributed by atoms with E-state index in [-0.39, 0.29) is 17.8 Å². The number of hydrogen-bond donors (Lipinski definition) is 0. The standard InChI is InChI=1S/C14H16FN3O/c1-9(2)12-4-3-10(5-13(12)15)14-6-18(17-16-14)11-7-19-8-11/h3-6,9,11H,7-8H2,1-2H3. The van der Waals surface area contributed by atoms with Crippen LogP contribution in [0.2, 0.25) is 0 Å². The van der Waals surface area contributed by atoms with Crippen LogP contribution < -0.4 is 0 Å².